The van der Waals surface area contributed by atoms with Gasteiger partial charge in [-0.2, -0.15) is 4.39 Å². The Balaban J connectivity index is 2.01. The number of hydrogen-bond acceptors (Lipinski definition) is 4. The summed E-state index contributed by atoms with van der Waals surface area (Å²) in [6.07, 6.45) is 4.96. The van der Waals surface area contributed by atoms with Crippen LogP contribution in [0.3, 0.4) is 0 Å². The minimum atomic E-state index is -1.08. The highest BCUT2D eigenvalue weighted by Gasteiger charge is 2.27. The fraction of sp³-hybridized carbons (Fsp3) is 0.353. The number of nitrogens with zero attached hydrogens (tertiary/aromatic N) is 2. The van der Waals surface area contributed by atoms with Crippen molar-refractivity contribution < 1.29 is 19.0 Å². The van der Waals surface area contributed by atoms with Crippen LogP contribution in [0.5, 0.6) is 11.6 Å². The van der Waals surface area contributed by atoms with Crippen LogP contribution in [0.1, 0.15) is 52.4 Å². The van der Waals surface area contributed by atoms with E-state index in [4.69, 9.17) is 4.74 Å². The van der Waals surface area contributed by atoms with Crippen LogP contribution < -0.4 is 4.74 Å². The van der Waals surface area contributed by atoms with Crippen LogP contribution in [0.2, 0.25) is 0 Å². The van der Waals surface area contributed by atoms with Crippen LogP contribution in [0.25, 0.3) is 0 Å². The molecular weight excluding hydrogens is 299 g/mol. The summed E-state index contributed by atoms with van der Waals surface area (Å²) in [5, 5.41) is 9.54. The van der Waals surface area contributed by atoms with Crippen LogP contribution >= 0.6 is 0 Å². The van der Waals surface area contributed by atoms with Crippen LogP contribution in [0.15, 0.2) is 18.3 Å². The topological polar surface area (TPSA) is 72.3 Å². The van der Waals surface area contributed by atoms with Crippen LogP contribution in [-0.2, 0) is 0 Å². The average Bonchev–Trinajstić information content (AvgIpc) is 2.42. The number of pyridine rings is 2. The molecule has 0 spiro atoms. The standard InChI is InChI=1S/C17H17FN2O3/c1-9-12(11-4-3-5-11)8-19-16(15(9)17(21)22)23-13-6-7-14(18)20-10(13)2/h6-8,11H,3-5H2,1-2H3,(H,21,22). The van der Waals surface area contributed by atoms with Crippen molar-refractivity contribution in [3.63, 3.8) is 0 Å². The lowest BCUT2D eigenvalue weighted by atomic mass is 9.78. The Morgan fingerprint density at radius 3 is 2.65 bits per heavy atom. The van der Waals surface area contributed by atoms with Crippen molar-refractivity contribution in [2.45, 2.75) is 39.0 Å². The fourth-order valence-electron chi connectivity index (χ4n) is 2.78. The van der Waals surface area contributed by atoms with E-state index in [1.54, 1.807) is 20.0 Å². The molecule has 6 heteroatoms. The summed E-state index contributed by atoms with van der Waals surface area (Å²) in [4.78, 5) is 19.5. The number of aromatic carboxylic acids is 1. The van der Waals surface area contributed by atoms with Gasteiger partial charge < -0.3 is 9.84 Å². The van der Waals surface area contributed by atoms with E-state index < -0.39 is 11.9 Å². The largest absolute Gasteiger partial charge is 0.477 e. The number of carbonyl (C=O) groups is 1. The molecule has 0 saturated heterocycles. The van der Waals surface area contributed by atoms with Crippen molar-refractivity contribution in [2.75, 3.05) is 0 Å². The fourth-order valence-corrected chi connectivity index (χ4v) is 2.78. The van der Waals surface area contributed by atoms with Gasteiger partial charge in [-0.15, -0.1) is 0 Å². The highest BCUT2D eigenvalue weighted by molar-refractivity contribution is 5.92. The smallest absolute Gasteiger partial charge is 0.341 e. The average molecular weight is 316 g/mol. The second kappa shape index (κ2) is 5.95. The number of carboxylic acid groups (broad SMARTS) is 1. The summed E-state index contributed by atoms with van der Waals surface area (Å²) in [5.41, 5.74) is 2.04. The maximum atomic E-state index is 13.1. The summed E-state index contributed by atoms with van der Waals surface area (Å²) >= 11 is 0. The Hall–Kier alpha value is -2.50. The van der Waals surface area contributed by atoms with Gasteiger partial charge in [-0.25, -0.2) is 14.8 Å². The predicted octanol–water partition coefficient (Wildman–Crippen LogP) is 3.99. The lowest BCUT2D eigenvalue weighted by Gasteiger charge is -2.27. The number of aromatic nitrogens is 2. The van der Waals surface area contributed by atoms with Crippen molar-refractivity contribution in [3.05, 3.63) is 46.7 Å². The molecule has 0 amide bonds. The van der Waals surface area contributed by atoms with E-state index in [2.05, 4.69) is 9.97 Å². The molecule has 2 heterocycles. The van der Waals surface area contributed by atoms with Crippen LogP contribution in [0, 0.1) is 19.8 Å². The van der Waals surface area contributed by atoms with Crippen molar-refractivity contribution in [2.24, 2.45) is 0 Å². The van der Waals surface area contributed by atoms with E-state index >= 15 is 0 Å². The number of hydrogen-bond donors (Lipinski definition) is 1. The zero-order valence-corrected chi connectivity index (χ0v) is 13.0. The molecule has 1 aliphatic carbocycles. The monoisotopic (exact) mass is 316 g/mol. The van der Waals surface area contributed by atoms with Gasteiger partial charge in [0.1, 0.15) is 5.56 Å². The Morgan fingerprint density at radius 2 is 2.09 bits per heavy atom. The second-order valence-corrected chi connectivity index (χ2v) is 5.77. The van der Waals surface area contributed by atoms with Gasteiger partial charge in [0.05, 0.1) is 5.69 Å². The van der Waals surface area contributed by atoms with Gasteiger partial charge in [0.25, 0.3) is 0 Å². The molecule has 1 fully saturated rings. The maximum absolute atomic E-state index is 13.1. The van der Waals surface area contributed by atoms with Gasteiger partial charge in [0, 0.05) is 6.20 Å². The molecule has 1 N–H and O–H groups in total. The molecule has 0 aliphatic heterocycles. The molecule has 1 aliphatic rings. The van der Waals surface area contributed by atoms with E-state index in [-0.39, 0.29) is 17.2 Å². The summed E-state index contributed by atoms with van der Waals surface area (Å²) in [6, 6.07) is 2.58. The molecule has 0 unspecified atom stereocenters. The third-order valence-corrected chi connectivity index (χ3v) is 4.31. The van der Waals surface area contributed by atoms with Crippen LogP contribution in [0.4, 0.5) is 4.39 Å². The molecule has 23 heavy (non-hydrogen) atoms. The molecule has 0 aromatic carbocycles. The van der Waals surface area contributed by atoms with Gasteiger partial charge >= 0.3 is 5.97 Å². The zero-order valence-electron chi connectivity index (χ0n) is 13.0. The van der Waals surface area contributed by atoms with Gasteiger partial charge in [-0.1, -0.05) is 6.42 Å². The Bertz CT molecular complexity index is 773. The third-order valence-electron chi connectivity index (χ3n) is 4.31. The molecule has 3 rings (SSSR count). The number of rotatable bonds is 4. The molecule has 1 saturated carbocycles. The molecular formula is C17H17FN2O3. The van der Waals surface area contributed by atoms with Crippen molar-refractivity contribution in [3.8, 4) is 11.6 Å². The summed E-state index contributed by atoms with van der Waals surface area (Å²) < 4.78 is 18.7. The first-order chi connectivity index (χ1) is 11.0. The Kier molecular flexibility index (Phi) is 3.98. The van der Waals surface area contributed by atoms with E-state index in [0.717, 1.165) is 24.8 Å². The predicted molar refractivity (Wildman–Crippen MR) is 81.5 cm³/mol. The first kappa shape index (κ1) is 15.4. The third kappa shape index (κ3) is 2.88. The normalized spacial score (nSPS) is 14.4. The molecule has 5 nitrogen and oxygen atoms in total. The lowest BCUT2D eigenvalue weighted by molar-refractivity contribution is 0.0692. The Labute approximate surface area is 133 Å². The maximum Gasteiger partial charge on any atom is 0.341 e. The zero-order chi connectivity index (χ0) is 16.6. The van der Waals surface area contributed by atoms with Crippen LogP contribution in [-0.4, -0.2) is 21.0 Å². The number of ether oxygens (including phenoxy) is 1. The highest BCUT2D eigenvalue weighted by Crippen LogP contribution is 2.40. The minimum Gasteiger partial charge on any atom is -0.477 e. The van der Waals surface area contributed by atoms with Gasteiger partial charge in [-0.3, -0.25) is 0 Å². The number of carboxylic acids is 1. The molecule has 2 aromatic rings. The van der Waals surface area contributed by atoms with E-state index in [1.165, 1.54) is 12.1 Å². The first-order valence-electron chi connectivity index (χ1n) is 7.51. The van der Waals surface area contributed by atoms with E-state index in [1.807, 2.05) is 0 Å². The first-order valence-corrected chi connectivity index (χ1v) is 7.51. The molecule has 0 bridgehead atoms. The van der Waals surface area contributed by atoms with Gasteiger partial charge in [-0.05, 0) is 55.9 Å². The summed E-state index contributed by atoms with van der Waals surface area (Å²) in [6.45, 7) is 3.37. The minimum absolute atomic E-state index is 0.00887. The van der Waals surface area contributed by atoms with E-state index in [9.17, 15) is 14.3 Å². The SMILES string of the molecule is Cc1nc(F)ccc1Oc1ncc(C2CCC2)c(C)c1C(=O)O. The summed E-state index contributed by atoms with van der Waals surface area (Å²) in [5.74, 6) is -1.02. The quantitative estimate of drug-likeness (QED) is 0.863. The van der Waals surface area contributed by atoms with Gasteiger partial charge in [0.15, 0.2) is 5.75 Å². The molecule has 2 aromatic heterocycles. The van der Waals surface area contributed by atoms with Crippen molar-refractivity contribution >= 4 is 5.97 Å². The number of aryl methyl sites for hydroxylation is 1. The Morgan fingerprint density at radius 1 is 1.35 bits per heavy atom. The molecule has 0 atom stereocenters. The second-order valence-electron chi connectivity index (χ2n) is 5.77. The summed E-state index contributed by atoms with van der Waals surface area (Å²) in [7, 11) is 0. The lowest BCUT2D eigenvalue weighted by Crippen LogP contribution is -2.14. The van der Waals surface area contributed by atoms with Crippen molar-refractivity contribution in [1.29, 1.82) is 0 Å². The molecule has 120 valence electrons. The molecule has 0 radical (unpaired) electrons. The number of halogens is 1. The van der Waals surface area contributed by atoms with Gasteiger partial charge in [0.2, 0.25) is 11.8 Å². The van der Waals surface area contributed by atoms with E-state index in [0.29, 0.717) is 17.2 Å². The van der Waals surface area contributed by atoms with Crippen molar-refractivity contribution in [1.82, 2.24) is 9.97 Å². The highest BCUT2D eigenvalue weighted by atomic mass is 19.1.